The predicted octanol–water partition coefficient (Wildman–Crippen LogP) is 3.43. The first-order valence-electron chi connectivity index (χ1n) is 14.6. The van der Waals surface area contributed by atoms with Gasteiger partial charge in [-0.1, -0.05) is 19.4 Å². The summed E-state index contributed by atoms with van der Waals surface area (Å²) in [7, 11) is 0. The molecule has 1 saturated carbocycles. The van der Waals surface area contributed by atoms with Crippen LogP contribution in [0, 0.1) is 0 Å². The van der Waals surface area contributed by atoms with E-state index in [2.05, 4.69) is 25.6 Å². The topological polar surface area (TPSA) is 156 Å². The molecule has 3 amide bonds. The molecular formula is C30H38N6O6S. The minimum atomic E-state index is -1.41. The van der Waals surface area contributed by atoms with E-state index in [1.165, 1.54) is 16.2 Å². The van der Waals surface area contributed by atoms with Gasteiger partial charge < -0.3 is 25.2 Å². The maximum absolute atomic E-state index is 13.7. The molecule has 4 atom stereocenters. The third kappa shape index (κ3) is 7.57. The van der Waals surface area contributed by atoms with Crippen molar-refractivity contribution in [3.8, 4) is 17.4 Å². The lowest BCUT2D eigenvalue weighted by molar-refractivity contribution is -0.133. The number of ether oxygens (including phenoxy) is 2. The van der Waals surface area contributed by atoms with Gasteiger partial charge in [0, 0.05) is 18.7 Å². The smallest absolute Gasteiger partial charge is 0.411 e. The summed E-state index contributed by atoms with van der Waals surface area (Å²) in [6, 6.07) is 5.65. The van der Waals surface area contributed by atoms with Crippen LogP contribution in [0.4, 0.5) is 4.79 Å². The van der Waals surface area contributed by atoms with Crippen LogP contribution in [0.25, 0.3) is 21.7 Å². The van der Waals surface area contributed by atoms with E-state index in [0.29, 0.717) is 35.8 Å². The van der Waals surface area contributed by atoms with Gasteiger partial charge >= 0.3 is 6.09 Å². The van der Waals surface area contributed by atoms with Gasteiger partial charge in [-0.05, 0) is 63.6 Å². The van der Waals surface area contributed by atoms with Crippen LogP contribution >= 0.6 is 11.3 Å². The van der Waals surface area contributed by atoms with Crippen molar-refractivity contribution in [3.63, 3.8) is 0 Å². The lowest BCUT2D eigenvalue weighted by Crippen LogP contribution is -2.55. The molecule has 1 aliphatic carbocycles. The molecule has 0 radical (unpaired) electrons. The lowest BCUT2D eigenvalue weighted by atomic mass is 10.0. The molecule has 3 aromatic heterocycles. The van der Waals surface area contributed by atoms with Crippen LogP contribution in [0.5, 0.6) is 5.88 Å². The minimum absolute atomic E-state index is 0.0744. The molecule has 2 aliphatic rings. The van der Waals surface area contributed by atoms with Crippen molar-refractivity contribution in [1.29, 1.82) is 0 Å². The highest BCUT2D eigenvalue weighted by Gasteiger charge is 2.44. The summed E-state index contributed by atoms with van der Waals surface area (Å²) in [5, 5.41) is 18.3. The number of nitrogens with zero attached hydrogens (tertiary/aromatic N) is 4. The fourth-order valence-electron chi connectivity index (χ4n) is 4.93. The number of amides is 3. The number of aromatic nitrogens is 3. The standard InChI is InChI=1S/C30H38N6O6S/c1-5-8-19(23(37)27(39)32-17-10-11-17)34-26(38)22-15-18(16-36(22)29(40)42-30(2,3)4)41-28-24-20(12-14-43-24)33-25(35-28)21-9-6-7-13-31-21/h6-7,9,12-14,17-19,22-23,37H,5,8,10-11,15-16H2,1-4H3,(H,32,39)(H,34,38)/t18?,19-,22?,23?/m0/s1. The Kier molecular flexibility index (Phi) is 9.11. The lowest BCUT2D eigenvalue weighted by Gasteiger charge is -2.29. The molecule has 1 aliphatic heterocycles. The van der Waals surface area contributed by atoms with Gasteiger partial charge in [0.25, 0.3) is 5.91 Å². The normalized spacial score (nSPS) is 20.0. The maximum atomic E-state index is 13.7. The van der Waals surface area contributed by atoms with E-state index in [1.54, 1.807) is 27.0 Å². The number of aliphatic hydroxyl groups excluding tert-OH is 1. The van der Waals surface area contributed by atoms with E-state index < -0.39 is 47.8 Å². The number of aliphatic hydroxyl groups is 1. The SMILES string of the molecule is CCC[C@H](NC(=O)C1CC(Oc2nc(-c3ccccn3)nc3ccsc23)CN1C(=O)OC(C)(C)C)C(O)C(=O)NC1CC1. The van der Waals surface area contributed by atoms with Crippen molar-refractivity contribution in [1.82, 2.24) is 30.5 Å². The first kappa shape index (κ1) is 30.6. The molecule has 0 spiro atoms. The second kappa shape index (κ2) is 12.8. The molecule has 0 aromatic carbocycles. The number of likely N-dealkylation sites (tertiary alicyclic amines) is 1. The van der Waals surface area contributed by atoms with Crippen LogP contribution < -0.4 is 15.4 Å². The van der Waals surface area contributed by atoms with Crippen LogP contribution in [-0.4, -0.2) is 85.3 Å². The Bertz CT molecular complexity index is 1460. The fourth-order valence-corrected chi connectivity index (χ4v) is 5.70. The molecular weight excluding hydrogens is 572 g/mol. The van der Waals surface area contributed by atoms with Crippen molar-refractivity contribution in [2.75, 3.05) is 6.54 Å². The van der Waals surface area contributed by atoms with Gasteiger partial charge in [-0.15, -0.1) is 11.3 Å². The molecule has 4 heterocycles. The zero-order valence-electron chi connectivity index (χ0n) is 24.8. The summed E-state index contributed by atoms with van der Waals surface area (Å²) in [6.07, 6.45) is 1.94. The average molecular weight is 611 g/mol. The molecule has 2 fully saturated rings. The number of carbonyl (C=O) groups excluding carboxylic acids is 3. The quantitative estimate of drug-likeness (QED) is 0.313. The van der Waals surface area contributed by atoms with Crippen LogP contribution in [0.3, 0.4) is 0 Å². The second-order valence-electron chi connectivity index (χ2n) is 12.0. The first-order chi connectivity index (χ1) is 20.5. The summed E-state index contributed by atoms with van der Waals surface area (Å²) >= 11 is 1.43. The molecule has 12 nitrogen and oxygen atoms in total. The fraction of sp³-hybridized carbons (Fsp3) is 0.533. The van der Waals surface area contributed by atoms with Gasteiger partial charge in [0.05, 0.1) is 18.1 Å². The van der Waals surface area contributed by atoms with Gasteiger partial charge in [0.2, 0.25) is 11.8 Å². The van der Waals surface area contributed by atoms with E-state index in [1.807, 2.05) is 36.6 Å². The van der Waals surface area contributed by atoms with Crippen molar-refractivity contribution in [2.45, 2.75) is 95.7 Å². The molecule has 3 aromatic rings. The predicted molar refractivity (Wildman–Crippen MR) is 160 cm³/mol. The third-order valence-corrected chi connectivity index (χ3v) is 8.03. The number of thiophene rings is 1. The number of pyridine rings is 1. The Morgan fingerprint density at radius 1 is 1.19 bits per heavy atom. The molecule has 3 N–H and O–H groups in total. The molecule has 230 valence electrons. The van der Waals surface area contributed by atoms with Gasteiger partial charge in [0.1, 0.15) is 28.1 Å². The van der Waals surface area contributed by atoms with E-state index in [-0.39, 0.29) is 19.0 Å². The van der Waals surface area contributed by atoms with Crippen LogP contribution in [0.15, 0.2) is 35.8 Å². The Morgan fingerprint density at radius 3 is 2.65 bits per heavy atom. The highest BCUT2D eigenvalue weighted by atomic mass is 32.1. The number of fused-ring (bicyclic) bond motifs is 1. The van der Waals surface area contributed by atoms with E-state index in [9.17, 15) is 19.5 Å². The summed E-state index contributed by atoms with van der Waals surface area (Å²) < 4.78 is 12.7. The first-order valence-corrected chi connectivity index (χ1v) is 15.5. The van der Waals surface area contributed by atoms with Crippen LogP contribution in [-0.2, 0) is 14.3 Å². The summed E-state index contributed by atoms with van der Waals surface area (Å²) in [5.41, 5.74) is 0.505. The van der Waals surface area contributed by atoms with Crippen LogP contribution in [0.2, 0.25) is 0 Å². The van der Waals surface area contributed by atoms with Gasteiger partial charge in [0.15, 0.2) is 11.9 Å². The average Bonchev–Trinajstić information content (AvgIpc) is 3.46. The van der Waals surface area contributed by atoms with Crippen molar-refractivity contribution in [2.24, 2.45) is 0 Å². The molecule has 5 rings (SSSR count). The van der Waals surface area contributed by atoms with Gasteiger partial charge in [-0.2, -0.15) is 4.98 Å². The minimum Gasteiger partial charge on any atom is -0.471 e. The summed E-state index contributed by atoms with van der Waals surface area (Å²) in [5.74, 6) is -0.261. The number of hydrogen-bond donors (Lipinski definition) is 3. The number of rotatable bonds is 10. The number of nitrogens with one attached hydrogen (secondary N) is 2. The molecule has 3 unspecified atom stereocenters. The number of carbonyl (C=O) groups is 3. The van der Waals surface area contributed by atoms with Gasteiger partial charge in [-0.25, -0.2) is 9.78 Å². The molecule has 43 heavy (non-hydrogen) atoms. The Balaban J connectivity index is 1.37. The Morgan fingerprint density at radius 2 is 1.98 bits per heavy atom. The molecule has 0 bridgehead atoms. The summed E-state index contributed by atoms with van der Waals surface area (Å²) in [4.78, 5) is 54.5. The Hall–Kier alpha value is -3.84. The maximum Gasteiger partial charge on any atom is 0.411 e. The molecule has 1 saturated heterocycles. The van der Waals surface area contributed by atoms with E-state index in [4.69, 9.17) is 9.47 Å². The second-order valence-corrected chi connectivity index (χ2v) is 12.9. The Labute approximate surface area is 254 Å². The van der Waals surface area contributed by atoms with Crippen molar-refractivity contribution in [3.05, 3.63) is 35.8 Å². The van der Waals surface area contributed by atoms with Crippen LogP contribution in [0.1, 0.15) is 59.8 Å². The highest BCUT2D eigenvalue weighted by Crippen LogP contribution is 2.33. The highest BCUT2D eigenvalue weighted by molar-refractivity contribution is 7.17. The van der Waals surface area contributed by atoms with Gasteiger partial charge in [-0.3, -0.25) is 19.5 Å². The summed E-state index contributed by atoms with van der Waals surface area (Å²) in [6.45, 7) is 7.24. The largest absolute Gasteiger partial charge is 0.471 e. The zero-order valence-corrected chi connectivity index (χ0v) is 25.6. The van der Waals surface area contributed by atoms with E-state index in [0.717, 1.165) is 17.5 Å². The van der Waals surface area contributed by atoms with E-state index >= 15 is 0 Å². The number of hydrogen-bond acceptors (Lipinski definition) is 10. The third-order valence-electron chi connectivity index (χ3n) is 7.14. The zero-order chi connectivity index (χ0) is 30.7. The van der Waals surface area contributed by atoms with Crippen molar-refractivity contribution < 1.29 is 29.0 Å². The molecule has 13 heteroatoms. The monoisotopic (exact) mass is 610 g/mol. The van der Waals surface area contributed by atoms with Crippen molar-refractivity contribution >= 4 is 39.5 Å².